The van der Waals surface area contributed by atoms with E-state index >= 15 is 0 Å². The van der Waals surface area contributed by atoms with Crippen LogP contribution in [0.3, 0.4) is 0 Å². The molecule has 0 aromatic rings. The number of carbonyl (C=O) groups excluding carboxylic acids is 1. The van der Waals surface area contributed by atoms with Crippen LogP contribution in [0.25, 0.3) is 0 Å². The standard InChI is InChI=1S/C12H19NO2S2/c1-3-4-5-6-16-9-7-13-11(15)10(8(2)14)12(13)17-9/h7-8,10,12,14H,3-6H2,1-2H3/t8?,10?,12-/m1/s1. The van der Waals surface area contributed by atoms with Gasteiger partial charge in [-0.2, -0.15) is 0 Å². The number of aliphatic hydroxyl groups is 1. The second kappa shape index (κ2) is 5.67. The summed E-state index contributed by atoms with van der Waals surface area (Å²) in [6, 6.07) is 0. The first-order valence-electron chi connectivity index (χ1n) is 6.16. The highest BCUT2D eigenvalue weighted by molar-refractivity contribution is 8.22. The lowest BCUT2D eigenvalue weighted by atomic mass is 9.93. The Morgan fingerprint density at radius 3 is 3.00 bits per heavy atom. The fourth-order valence-electron chi connectivity index (χ4n) is 2.08. The number of amides is 1. The molecule has 1 saturated heterocycles. The van der Waals surface area contributed by atoms with Crippen molar-refractivity contribution < 1.29 is 9.90 Å². The Bertz CT molecular complexity index is 330. The lowest BCUT2D eigenvalue weighted by molar-refractivity contribution is -0.151. The quantitative estimate of drug-likeness (QED) is 0.596. The van der Waals surface area contributed by atoms with Gasteiger partial charge in [0, 0.05) is 6.20 Å². The molecule has 2 unspecified atom stereocenters. The molecule has 5 heteroatoms. The predicted octanol–water partition coefficient (Wildman–Crippen LogP) is 2.62. The summed E-state index contributed by atoms with van der Waals surface area (Å²) in [6.07, 6.45) is 5.16. The summed E-state index contributed by atoms with van der Waals surface area (Å²) in [4.78, 5) is 13.5. The first kappa shape index (κ1) is 13.3. The van der Waals surface area contributed by atoms with Crippen LogP contribution in [0.2, 0.25) is 0 Å². The number of rotatable bonds is 6. The number of nitrogens with zero attached hydrogens (tertiary/aromatic N) is 1. The molecule has 2 aliphatic rings. The van der Waals surface area contributed by atoms with Crippen LogP contribution in [0.4, 0.5) is 0 Å². The molecule has 17 heavy (non-hydrogen) atoms. The van der Waals surface area contributed by atoms with Gasteiger partial charge in [-0.05, 0) is 19.1 Å². The highest BCUT2D eigenvalue weighted by Crippen LogP contribution is 2.50. The van der Waals surface area contributed by atoms with Crippen LogP contribution in [0.5, 0.6) is 0 Å². The lowest BCUT2D eigenvalue weighted by Gasteiger charge is -2.42. The van der Waals surface area contributed by atoms with Gasteiger partial charge in [0.1, 0.15) is 5.37 Å². The van der Waals surface area contributed by atoms with Crippen LogP contribution in [0.15, 0.2) is 10.4 Å². The van der Waals surface area contributed by atoms with E-state index in [4.69, 9.17) is 0 Å². The normalized spacial score (nSPS) is 28.8. The minimum absolute atomic E-state index is 0.0710. The van der Waals surface area contributed by atoms with E-state index in [2.05, 4.69) is 6.92 Å². The molecular formula is C12H19NO2S2. The second-order valence-corrected chi connectivity index (χ2v) is 7.08. The molecule has 0 aromatic heterocycles. The Morgan fingerprint density at radius 2 is 2.35 bits per heavy atom. The summed E-state index contributed by atoms with van der Waals surface area (Å²) in [5.41, 5.74) is 0. The maximum Gasteiger partial charge on any atom is 0.236 e. The molecule has 0 bridgehead atoms. The topological polar surface area (TPSA) is 40.5 Å². The van der Waals surface area contributed by atoms with Gasteiger partial charge in [0.25, 0.3) is 0 Å². The summed E-state index contributed by atoms with van der Waals surface area (Å²) >= 11 is 3.56. The second-order valence-electron chi connectivity index (χ2n) is 4.52. The lowest BCUT2D eigenvalue weighted by Crippen LogP contribution is -2.58. The van der Waals surface area contributed by atoms with Crippen molar-refractivity contribution in [2.24, 2.45) is 5.92 Å². The third kappa shape index (κ3) is 2.66. The minimum Gasteiger partial charge on any atom is -0.392 e. The molecule has 0 aromatic carbocycles. The molecular weight excluding hydrogens is 254 g/mol. The number of hydrogen-bond acceptors (Lipinski definition) is 4. The number of unbranched alkanes of at least 4 members (excludes halogenated alkanes) is 2. The van der Waals surface area contributed by atoms with Gasteiger partial charge in [-0.1, -0.05) is 31.5 Å². The van der Waals surface area contributed by atoms with Crippen molar-refractivity contribution >= 4 is 29.4 Å². The number of aliphatic hydroxyl groups excluding tert-OH is 1. The number of hydrogen-bond donors (Lipinski definition) is 1. The van der Waals surface area contributed by atoms with E-state index in [-0.39, 0.29) is 17.2 Å². The van der Waals surface area contributed by atoms with E-state index in [0.29, 0.717) is 0 Å². The van der Waals surface area contributed by atoms with Crippen LogP contribution < -0.4 is 0 Å². The zero-order chi connectivity index (χ0) is 12.4. The van der Waals surface area contributed by atoms with E-state index in [9.17, 15) is 9.90 Å². The third-order valence-electron chi connectivity index (χ3n) is 3.11. The Labute approximate surface area is 111 Å². The van der Waals surface area contributed by atoms with Crippen molar-refractivity contribution in [3.8, 4) is 0 Å². The highest BCUT2D eigenvalue weighted by Gasteiger charge is 2.52. The zero-order valence-corrected chi connectivity index (χ0v) is 11.9. The van der Waals surface area contributed by atoms with Gasteiger partial charge in [-0.3, -0.25) is 4.79 Å². The summed E-state index contributed by atoms with van der Waals surface area (Å²) in [5.74, 6) is 0.993. The van der Waals surface area contributed by atoms with Crippen LogP contribution in [0.1, 0.15) is 33.1 Å². The van der Waals surface area contributed by atoms with Crippen molar-refractivity contribution in [1.29, 1.82) is 0 Å². The van der Waals surface area contributed by atoms with Gasteiger partial charge >= 0.3 is 0 Å². The maximum absolute atomic E-state index is 11.7. The SMILES string of the molecule is CCCCCSC1=CN2C(=O)C(C(C)O)[C@H]2S1. The highest BCUT2D eigenvalue weighted by atomic mass is 32.2. The summed E-state index contributed by atoms with van der Waals surface area (Å²) in [7, 11) is 0. The van der Waals surface area contributed by atoms with Crippen LogP contribution in [-0.4, -0.2) is 33.1 Å². The molecule has 96 valence electrons. The van der Waals surface area contributed by atoms with Gasteiger partial charge < -0.3 is 10.0 Å². The van der Waals surface area contributed by atoms with Crippen LogP contribution >= 0.6 is 23.5 Å². The number of thioether (sulfide) groups is 2. The average Bonchev–Trinajstić information content (AvgIpc) is 2.63. The van der Waals surface area contributed by atoms with E-state index < -0.39 is 6.10 Å². The smallest absolute Gasteiger partial charge is 0.236 e. The van der Waals surface area contributed by atoms with E-state index in [1.165, 1.54) is 23.5 Å². The molecule has 0 saturated carbocycles. The van der Waals surface area contributed by atoms with E-state index in [1.54, 1.807) is 23.6 Å². The number of fused-ring (bicyclic) bond motifs is 1. The van der Waals surface area contributed by atoms with Crippen molar-refractivity contribution in [1.82, 2.24) is 4.90 Å². The molecule has 1 N–H and O–H groups in total. The minimum atomic E-state index is -0.533. The van der Waals surface area contributed by atoms with Crippen molar-refractivity contribution in [2.75, 3.05) is 5.75 Å². The van der Waals surface area contributed by atoms with Gasteiger partial charge in [0.2, 0.25) is 5.91 Å². The Morgan fingerprint density at radius 1 is 1.59 bits per heavy atom. The molecule has 1 fully saturated rings. The average molecular weight is 273 g/mol. The molecule has 2 aliphatic heterocycles. The third-order valence-corrected chi connectivity index (χ3v) is 5.74. The molecule has 3 nitrogen and oxygen atoms in total. The maximum atomic E-state index is 11.7. The fourth-order valence-corrected chi connectivity index (χ4v) is 4.82. The molecule has 3 atom stereocenters. The fraction of sp³-hybridized carbons (Fsp3) is 0.750. The summed E-state index contributed by atoms with van der Waals surface area (Å²) < 4.78 is 1.22. The molecule has 2 rings (SSSR count). The van der Waals surface area contributed by atoms with Crippen molar-refractivity contribution in [3.05, 3.63) is 10.4 Å². The first-order valence-corrected chi connectivity index (χ1v) is 8.03. The Hall–Kier alpha value is -0.130. The number of carbonyl (C=O) groups is 1. The Kier molecular flexibility index (Phi) is 4.44. The van der Waals surface area contributed by atoms with Gasteiger partial charge in [0.15, 0.2) is 0 Å². The van der Waals surface area contributed by atoms with Crippen molar-refractivity contribution in [3.63, 3.8) is 0 Å². The van der Waals surface area contributed by atoms with Gasteiger partial charge in [-0.15, -0.1) is 11.8 Å². The zero-order valence-electron chi connectivity index (χ0n) is 10.3. The molecule has 0 radical (unpaired) electrons. The Balaban J connectivity index is 1.80. The number of β-lactam (4-membered cyclic amide) rings is 1. The van der Waals surface area contributed by atoms with Crippen LogP contribution in [-0.2, 0) is 4.79 Å². The summed E-state index contributed by atoms with van der Waals surface area (Å²) in [5, 5.41) is 9.68. The van der Waals surface area contributed by atoms with Crippen LogP contribution in [0, 0.1) is 5.92 Å². The predicted molar refractivity (Wildman–Crippen MR) is 73.5 cm³/mol. The molecule has 2 heterocycles. The van der Waals surface area contributed by atoms with E-state index in [1.807, 2.05) is 18.0 Å². The first-order chi connectivity index (χ1) is 8.15. The molecule has 0 spiro atoms. The molecule has 1 amide bonds. The van der Waals surface area contributed by atoms with E-state index in [0.717, 1.165) is 5.75 Å². The molecule has 0 aliphatic carbocycles. The largest absolute Gasteiger partial charge is 0.392 e. The van der Waals surface area contributed by atoms with Crippen molar-refractivity contribution in [2.45, 2.75) is 44.6 Å². The monoisotopic (exact) mass is 273 g/mol. The summed E-state index contributed by atoms with van der Waals surface area (Å²) in [6.45, 7) is 3.90. The van der Waals surface area contributed by atoms with Gasteiger partial charge in [-0.25, -0.2) is 0 Å². The van der Waals surface area contributed by atoms with Gasteiger partial charge in [0.05, 0.1) is 16.3 Å².